The number of rotatable bonds is 6. The van der Waals surface area contributed by atoms with Gasteiger partial charge < -0.3 is 0 Å². The van der Waals surface area contributed by atoms with E-state index in [9.17, 15) is 0 Å². The highest BCUT2D eigenvalue weighted by Gasteiger charge is 2.21. The summed E-state index contributed by atoms with van der Waals surface area (Å²) in [5, 5.41) is 4.24. The van der Waals surface area contributed by atoms with E-state index in [-0.39, 0.29) is 0 Å². The van der Waals surface area contributed by atoms with E-state index in [0.717, 1.165) is 77.3 Å². The number of fused-ring (bicyclic) bond motifs is 6. The largest absolute Gasteiger partial charge is 0.285 e. The van der Waals surface area contributed by atoms with Crippen molar-refractivity contribution < 1.29 is 0 Å². The molecule has 0 N–H and O–H groups in total. The zero-order valence-corrected chi connectivity index (χ0v) is 29.9. The third-order valence-corrected chi connectivity index (χ3v) is 10.3. The molecule has 0 bridgehead atoms. The van der Waals surface area contributed by atoms with Crippen LogP contribution in [0.4, 0.5) is 0 Å². The fourth-order valence-electron chi connectivity index (χ4n) is 7.68. The Morgan fingerprint density at radius 2 is 1.04 bits per heavy atom. The van der Waals surface area contributed by atoms with Crippen LogP contribution in [0.15, 0.2) is 182 Å². The van der Waals surface area contributed by atoms with E-state index >= 15 is 0 Å². The van der Waals surface area contributed by atoms with Gasteiger partial charge in [-0.3, -0.25) is 14.1 Å². The number of hydrogen-bond donors (Lipinski definition) is 0. The molecule has 5 heterocycles. The van der Waals surface area contributed by atoms with Crippen molar-refractivity contribution in [3.8, 4) is 57.2 Å². The summed E-state index contributed by atoms with van der Waals surface area (Å²) in [6, 6.07) is 57.6. The Kier molecular flexibility index (Phi) is 7.31. The molecule has 6 aromatic carbocycles. The molecule has 0 spiro atoms. The quantitative estimate of drug-likeness (QED) is 0.170. The Morgan fingerprint density at radius 1 is 0.375 bits per heavy atom. The Bertz CT molecular complexity index is 3170. The molecule has 0 atom stereocenters. The average Bonchev–Trinajstić information content (AvgIpc) is 3.87. The summed E-state index contributed by atoms with van der Waals surface area (Å²) < 4.78 is 4.25. The van der Waals surface area contributed by atoms with Gasteiger partial charge in [-0.05, 0) is 36.4 Å². The van der Waals surface area contributed by atoms with Crippen LogP contribution in [-0.4, -0.2) is 39.0 Å². The summed E-state index contributed by atoms with van der Waals surface area (Å²) in [4.78, 5) is 30.1. The topological polar surface area (TPSA) is 87.2 Å². The van der Waals surface area contributed by atoms with E-state index in [4.69, 9.17) is 24.9 Å². The molecule has 11 rings (SSSR count). The zero-order valence-electron chi connectivity index (χ0n) is 29.9. The molecule has 56 heavy (non-hydrogen) atoms. The van der Waals surface area contributed by atoms with Crippen LogP contribution in [-0.2, 0) is 0 Å². The summed E-state index contributed by atoms with van der Waals surface area (Å²) in [6.45, 7) is 0. The Hall–Kier alpha value is -7.84. The molecule has 0 unspecified atom stereocenters. The van der Waals surface area contributed by atoms with Crippen LogP contribution in [0.2, 0.25) is 0 Å². The van der Waals surface area contributed by atoms with Crippen LogP contribution in [0.1, 0.15) is 0 Å². The van der Waals surface area contributed by atoms with E-state index in [1.54, 1.807) is 0 Å². The lowest BCUT2D eigenvalue weighted by Gasteiger charge is -2.13. The van der Waals surface area contributed by atoms with E-state index in [2.05, 4.69) is 88.4 Å². The predicted molar refractivity (Wildman–Crippen MR) is 224 cm³/mol. The minimum atomic E-state index is 0.535. The predicted octanol–water partition coefficient (Wildman–Crippen LogP) is 10.9. The summed E-state index contributed by atoms with van der Waals surface area (Å²) in [6.07, 6.45) is 3.86. The lowest BCUT2D eigenvalue weighted by Crippen LogP contribution is -2.06. The molecular formula is C48H30N8. The van der Waals surface area contributed by atoms with Crippen LogP contribution < -0.4 is 0 Å². The van der Waals surface area contributed by atoms with Crippen molar-refractivity contribution in [1.29, 1.82) is 0 Å². The van der Waals surface area contributed by atoms with Gasteiger partial charge in [0, 0.05) is 56.2 Å². The van der Waals surface area contributed by atoms with Gasteiger partial charge in [-0.25, -0.2) is 15.0 Å². The molecule has 8 heteroatoms. The Morgan fingerprint density at radius 3 is 1.77 bits per heavy atom. The van der Waals surface area contributed by atoms with E-state index in [1.807, 2.05) is 108 Å². The molecule has 0 aliphatic heterocycles. The molecule has 0 radical (unpaired) electrons. The smallest absolute Gasteiger partial charge is 0.238 e. The van der Waals surface area contributed by atoms with Gasteiger partial charge in [0.2, 0.25) is 11.9 Å². The maximum absolute atomic E-state index is 5.37. The minimum Gasteiger partial charge on any atom is -0.285 e. The number of pyridine rings is 1. The average molecular weight is 719 g/mol. The maximum atomic E-state index is 5.37. The van der Waals surface area contributed by atoms with Gasteiger partial charge in [0.1, 0.15) is 0 Å². The van der Waals surface area contributed by atoms with Gasteiger partial charge in [-0.2, -0.15) is 9.97 Å². The number of aromatic nitrogens is 8. The molecule has 262 valence electrons. The second-order valence-corrected chi connectivity index (χ2v) is 13.6. The third kappa shape index (κ3) is 5.23. The van der Waals surface area contributed by atoms with Crippen molar-refractivity contribution in [2.24, 2.45) is 0 Å². The van der Waals surface area contributed by atoms with Gasteiger partial charge in [0.05, 0.1) is 33.5 Å². The number of benzene rings is 6. The van der Waals surface area contributed by atoms with Crippen molar-refractivity contribution in [3.05, 3.63) is 182 Å². The van der Waals surface area contributed by atoms with Crippen molar-refractivity contribution >= 4 is 43.6 Å². The number of nitrogens with zero attached hydrogens (tertiary/aromatic N) is 8. The second-order valence-electron chi connectivity index (χ2n) is 13.6. The molecule has 0 saturated heterocycles. The van der Waals surface area contributed by atoms with Crippen molar-refractivity contribution in [1.82, 2.24) is 39.0 Å². The summed E-state index contributed by atoms with van der Waals surface area (Å²) >= 11 is 0. The lowest BCUT2D eigenvalue weighted by atomic mass is 10.0. The summed E-state index contributed by atoms with van der Waals surface area (Å²) in [5.41, 5.74) is 9.53. The highest BCUT2D eigenvalue weighted by atomic mass is 15.2. The van der Waals surface area contributed by atoms with Gasteiger partial charge in [-0.1, -0.05) is 133 Å². The lowest BCUT2D eigenvalue weighted by molar-refractivity contribution is 0.933. The molecule has 0 saturated carbocycles. The van der Waals surface area contributed by atoms with Crippen molar-refractivity contribution in [2.45, 2.75) is 0 Å². The van der Waals surface area contributed by atoms with Crippen LogP contribution in [0, 0.1) is 0 Å². The fraction of sp³-hybridized carbons (Fsp3) is 0. The van der Waals surface area contributed by atoms with Gasteiger partial charge in [0.15, 0.2) is 11.6 Å². The normalized spacial score (nSPS) is 11.6. The monoisotopic (exact) mass is 718 g/mol. The maximum Gasteiger partial charge on any atom is 0.238 e. The molecule has 11 aromatic rings. The van der Waals surface area contributed by atoms with E-state index in [0.29, 0.717) is 23.5 Å². The molecule has 0 aliphatic rings. The Labute approximate surface area is 321 Å². The first-order chi connectivity index (χ1) is 27.8. The molecule has 0 amide bonds. The SMILES string of the molecule is c1ccc(-c2nc(-c3ccccc3)nc(-n3ccc4c3ccc3c5ccccc5n(-c5nc(-c6ccc(-c7ccccn7)cc6)c6ccccc6n5)c34)n2)cc1. The Balaban J connectivity index is 1.13. The molecular weight excluding hydrogens is 689 g/mol. The fourth-order valence-corrected chi connectivity index (χ4v) is 7.68. The standard InChI is InChI=1S/C48H30N8/c1-3-13-33(14-4-1)45-52-46(34-15-5-2-6-16-34)54-47(53-45)55-30-28-38-41(55)27-26-36-35-17-8-10-21-42(35)56(44(36)38)48-50-40-20-9-7-18-37(40)43(51-48)32-24-22-31(23-25-32)39-19-11-12-29-49-39/h1-30H. The first-order valence-electron chi connectivity index (χ1n) is 18.5. The zero-order chi connectivity index (χ0) is 37.0. The summed E-state index contributed by atoms with van der Waals surface area (Å²) in [7, 11) is 0. The van der Waals surface area contributed by atoms with Crippen molar-refractivity contribution in [2.75, 3.05) is 0 Å². The van der Waals surface area contributed by atoms with Crippen LogP contribution >= 0.6 is 0 Å². The van der Waals surface area contributed by atoms with E-state index < -0.39 is 0 Å². The number of hydrogen-bond acceptors (Lipinski definition) is 6. The van der Waals surface area contributed by atoms with Crippen molar-refractivity contribution in [3.63, 3.8) is 0 Å². The van der Waals surface area contributed by atoms with Gasteiger partial charge in [-0.15, -0.1) is 0 Å². The van der Waals surface area contributed by atoms with Crippen LogP contribution in [0.25, 0.3) is 101 Å². The second kappa shape index (κ2) is 12.9. The molecule has 5 aromatic heterocycles. The van der Waals surface area contributed by atoms with E-state index in [1.165, 1.54) is 0 Å². The third-order valence-electron chi connectivity index (χ3n) is 10.3. The van der Waals surface area contributed by atoms with Gasteiger partial charge >= 0.3 is 0 Å². The highest BCUT2D eigenvalue weighted by Crippen LogP contribution is 2.38. The van der Waals surface area contributed by atoms with Crippen LogP contribution in [0.3, 0.4) is 0 Å². The van der Waals surface area contributed by atoms with Gasteiger partial charge in [0.25, 0.3) is 0 Å². The highest BCUT2D eigenvalue weighted by molar-refractivity contribution is 6.18. The first kappa shape index (κ1) is 31.7. The minimum absolute atomic E-state index is 0.535. The van der Waals surface area contributed by atoms with Crippen LogP contribution in [0.5, 0.6) is 0 Å². The molecule has 0 aliphatic carbocycles. The number of para-hydroxylation sites is 2. The molecule has 8 nitrogen and oxygen atoms in total. The summed E-state index contributed by atoms with van der Waals surface area (Å²) in [5.74, 6) is 2.35. The molecule has 0 fully saturated rings. The first-order valence-corrected chi connectivity index (χ1v) is 18.5.